The topological polar surface area (TPSA) is 74.2 Å². The molecule has 1 saturated carbocycles. The van der Waals surface area contributed by atoms with E-state index >= 15 is 0 Å². The zero-order valence-corrected chi connectivity index (χ0v) is 17.2. The first kappa shape index (κ1) is 20.9. The van der Waals surface area contributed by atoms with E-state index in [9.17, 15) is 0 Å². The van der Waals surface area contributed by atoms with Gasteiger partial charge in [0.25, 0.3) is 0 Å². The Morgan fingerprint density at radius 3 is 2.59 bits per heavy atom. The lowest BCUT2D eigenvalue weighted by Crippen LogP contribution is -2.36. The molecule has 0 unspecified atom stereocenters. The number of nitrogens with zero attached hydrogens (tertiary/aromatic N) is 3. The van der Waals surface area contributed by atoms with Crippen LogP contribution in [-0.2, 0) is 0 Å². The number of aromatic nitrogens is 2. The molecule has 0 atom stereocenters. The van der Waals surface area contributed by atoms with Crippen molar-refractivity contribution in [3.63, 3.8) is 0 Å². The lowest BCUT2D eigenvalue weighted by atomic mass is 9.91. The average Bonchev–Trinajstić information content (AvgIpc) is 2.69. The number of aliphatic imine (C=N–C) groups is 1. The van der Waals surface area contributed by atoms with Gasteiger partial charge in [-0.2, -0.15) is 0 Å². The molecule has 0 aliphatic heterocycles. The van der Waals surface area contributed by atoms with Crippen LogP contribution >= 0.6 is 0 Å². The van der Waals surface area contributed by atoms with Gasteiger partial charge in [0.05, 0.1) is 5.69 Å². The van der Waals surface area contributed by atoms with E-state index in [1.807, 2.05) is 39.4 Å². The zero-order chi connectivity index (χ0) is 19.6. The zero-order valence-electron chi connectivity index (χ0n) is 17.2. The summed E-state index contributed by atoms with van der Waals surface area (Å²) in [7, 11) is 1.91. The van der Waals surface area contributed by atoms with Crippen LogP contribution in [0.1, 0.15) is 58.6 Å². The molecule has 1 fully saturated rings. The summed E-state index contributed by atoms with van der Waals surface area (Å²) in [6.07, 6.45) is 9.19. The predicted octanol–water partition coefficient (Wildman–Crippen LogP) is 3.75. The molecular weight excluding hydrogens is 336 g/mol. The lowest BCUT2D eigenvalue weighted by Gasteiger charge is -2.30. The van der Waals surface area contributed by atoms with Gasteiger partial charge in [0.15, 0.2) is 0 Å². The van der Waals surface area contributed by atoms with E-state index in [-0.39, 0.29) is 0 Å². The molecule has 148 valence electrons. The average molecular weight is 371 g/mol. The van der Waals surface area contributed by atoms with Gasteiger partial charge < -0.3 is 16.0 Å². The lowest BCUT2D eigenvalue weighted by molar-refractivity contribution is 0.370. The molecular formula is C21H34N6. The molecule has 0 saturated heterocycles. The number of hydrogen-bond donors (Lipinski definition) is 3. The Balaban J connectivity index is 2.02. The van der Waals surface area contributed by atoms with Crippen LogP contribution in [0, 0.1) is 0 Å². The minimum Gasteiger partial charge on any atom is -0.391 e. The summed E-state index contributed by atoms with van der Waals surface area (Å²) in [5.74, 6) is 0.688. The van der Waals surface area contributed by atoms with Gasteiger partial charge in [-0.15, -0.1) is 0 Å². The van der Waals surface area contributed by atoms with Crippen molar-refractivity contribution >= 4 is 17.7 Å². The van der Waals surface area contributed by atoms with Crippen molar-refractivity contribution in [2.45, 2.75) is 65.0 Å². The smallest absolute Gasteiger partial charge is 0.223 e. The second-order valence-corrected chi connectivity index (χ2v) is 6.98. The summed E-state index contributed by atoms with van der Waals surface area (Å²) >= 11 is 0. The van der Waals surface area contributed by atoms with Gasteiger partial charge in [-0.1, -0.05) is 13.5 Å². The molecule has 0 aromatic carbocycles. The third kappa shape index (κ3) is 6.38. The number of hydrogen-bond acceptors (Lipinski definition) is 6. The van der Waals surface area contributed by atoms with Crippen molar-refractivity contribution in [1.29, 1.82) is 0 Å². The first-order valence-electron chi connectivity index (χ1n) is 10.00. The van der Waals surface area contributed by atoms with Crippen LogP contribution in [0.5, 0.6) is 0 Å². The monoisotopic (exact) mass is 370 g/mol. The van der Waals surface area contributed by atoms with E-state index in [2.05, 4.69) is 39.4 Å². The second kappa shape index (κ2) is 10.7. The highest BCUT2D eigenvalue weighted by Crippen LogP contribution is 2.22. The fraction of sp³-hybridized carbons (Fsp3) is 0.571. The molecule has 1 aromatic rings. The summed E-state index contributed by atoms with van der Waals surface area (Å²) in [4.78, 5) is 13.5. The normalized spacial score (nSPS) is 20.9. The number of rotatable bonds is 9. The van der Waals surface area contributed by atoms with Crippen LogP contribution in [0.4, 0.5) is 5.95 Å². The van der Waals surface area contributed by atoms with Crippen molar-refractivity contribution in [3.05, 3.63) is 35.9 Å². The molecule has 1 heterocycles. The quantitative estimate of drug-likeness (QED) is 0.577. The number of nitrogens with one attached hydrogen (secondary N) is 3. The standard InChI is InChI=1S/C21H34N6/c1-6-15(3)25-17-8-10-18(11-9-17)26-21-24-13-12-20(27-21)19(14-23-7-2)16(4)22-5/h12-14,17-18,22,25H,3,6-11H2,1-2,4-5H3,(H,24,26,27)/b19-16-,23-14?. The Labute approximate surface area is 163 Å². The summed E-state index contributed by atoms with van der Waals surface area (Å²) in [6.45, 7) is 11.0. The van der Waals surface area contributed by atoms with Gasteiger partial charge in [-0.3, -0.25) is 4.99 Å². The fourth-order valence-electron chi connectivity index (χ4n) is 3.21. The maximum absolute atomic E-state index is 4.73. The van der Waals surface area contributed by atoms with Crippen LogP contribution in [0.3, 0.4) is 0 Å². The molecule has 2 rings (SSSR count). The maximum Gasteiger partial charge on any atom is 0.223 e. The largest absolute Gasteiger partial charge is 0.391 e. The Hall–Kier alpha value is -2.37. The van der Waals surface area contributed by atoms with E-state index < -0.39 is 0 Å². The Bertz CT molecular complexity index is 671. The molecule has 0 amide bonds. The van der Waals surface area contributed by atoms with Crippen molar-refractivity contribution in [2.75, 3.05) is 18.9 Å². The molecule has 6 nitrogen and oxygen atoms in total. The number of allylic oxidation sites excluding steroid dienone is 3. The van der Waals surface area contributed by atoms with E-state index in [4.69, 9.17) is 4.98 Å². The molecule has 1 aliphatic rings. The highest BCUT2D eigenvalue weighted by atomic mass is 15.1. The third-order valence-electron chi connectivity index (χ3n) is 5.01. The van der Waals surface area contributed by atoms with E-state index in [1.165, 1.54) is 0 Å². The Morgan fingerprint density at radius 2 is 1.96 bits per heavy atom. The first-order valence-corrected chi connectivity index (χ1v) is 10.00. The highest BCUT2D eigenvalue weighted by Gasteiger charge is 2.21. The van der Waals surface area contributed by atoms with Gasteiger partial charge in [0.2, 0.25) is 5.95 Å². The molecule has 1 aromatic heterocycles. The summed E-state index contributed by atoms with van der Waals surface area (Å²) in [6, 6.07) is 2.89. The van der Waals surface area contributed by atoms with E-state index in [0.29, 0.717) is 18.0 Å². The minimum atomic E-state index is 0.412. The van der Waals surface area contributed by atoms with Crippen LogP contribution in [0.15, 0.2) is 35.2 Å². The molecule has 3 N–H and O–H groups in total. The molecule has 6 heteroatoms. The van der Waals surface area contributed by atoms with Crippen molar-refractivity contribution in [2.24, 2.45) is 4.99 Å². The SMILES string of the molecule is C=C(CC)NC1CCC(Nc2nccc(/C(C=NCC)=C(/C)NC)n2)CC1. The van der Waals surface area contributed by atoms with Crippen LogP contribution in [0.25, 0.3) is 5.57 Å². The van der Waals surface area contributed by atoms with Gasteiger partial charge in [-0.05, 0) is 52.0 Å². The molecule has 1 aliphatic carbocycles. The highest BCUT2D eigenvalue weighted by molar-refractivity contribution is 6.10. The Kier molecular flexibility index (Phi) is 8.30. The maximum atomic E-state index is 4.73. The Morgan fingerprint density at radius 1 is 1.26 bits per heavy atom. The molecule has 0 bridgehead atoms. The molecule has 0 spiro atoms. The van der Waals surface area contributed by atoms with Crippen molar-refractivity contribution in [3.8, 4) is 0 Å². The summed E-state index contributed by atoms with van der Waals surface area (Å²) in [5, 5.41) is 10.2. The van der Waals surface area contributed by atoms with E-state index in [0.717, 1.165) is 61.3 Å². The first-order chi connectivity index (χ1) is 13.1. The van der Waals surface area contributed by atoms with E-state index in [1.54, 1.807) is 0 Å². The molecule has 27 heavy (non-hydrogen) atoms. The predicted molar refractivity (Wildman–Crippen MR) is 115 cm³/mol. The van der Waals surface area contributed by atoms with Crippen LogP contribution in [0.2, 0.25) is 0 Å². The van der Waals surface area contributed by atoms with Crippen molar-refractivity contribution in [1.82, 2.24) is 20.6 Å². The van der Waals surface area contributed by atoms with Crippen LogP contribution < -0.4 is 16.0 Å². The van der Waals surface area contributed by atoms with Gasteiger partial charge in [0, 0.05) is 55.1 Å². The van der Waals surface area contributed by atoms with Gasteiger partial charge >= 0.3 is 0 Å². The fourth-order valence-corrected chi connectivity index (χ4v) is 3.21. The minimum absolute atomic E-state index is 0.412. The van der Waals surface area contributed by atoms with Gasteiger partial charge in [0.1, 0.15) is 0 Å². The van der Waals surface area contributed by atoms with Crippen molar-refractivity contribution < 1.29 is 0 Å². The second-order valence-electron chi connectivity index (χ2n) is 6.98. The van der Waals surface area contributed by atoms with Gasteiger partial charge in [-0.25, -0.2) is 9.97 Å². The summed E-state index contributed by atoms with van der Waals surface area (Å²) in [5.41, 5.74) is 4.05. The van der Waals surface area contributed by atoms with Crippen LogP contribution in [-0.4, -0.2) is 41.9 Å². The number of anilines is 1. The molecule has 0 radical (unpaired) electrons. The third-order valence-corrected chi connectivity index (χ3v) is 5.01. The summed E-state index contributed by atoms with van der Waals surface area (Å²) < 4.78 is 0.